The second-order valence-corrected chi connectivity index (χ2v) is 7.80. The number of carbonyl (C=O) groups is 1. The van der Waals surface area contributed by atoms with Gasteiger partial charge >= 0.3 is 0 Å². The molecule has 0 aromatic heterocycles. The average molecular weight is 416 g/mol. The number of anilines is 2. The highest BCUT2D eigenvalue weighted by Crippen LogP contribution is 2.28. The number of hydrogen-bond donors (Lipinski definition) is 1. The van der Waals surface area contributed by atoms with Crippen molar-refractivity contribution >= 4 is 17.3 Å². The molecule has 4 rings (SSSR count). The second kappa shape index (κ2) is 9.67. The Bertz CT molecular complexity index is 1010. The highest BCUT2D eigenvalue weighted by Gasteiger charge is 2.26. The number of piperazine rings is 1. The van der Waals surface area contributed by atoms with Gasteiger partial charge in [-0.15, -0.1) is 0 Å². The molecule has 1 atom stereocenters. The minimum atomic E-state index is -0.198. The van der Waals surface area contributed by atoms with Crippen LogP contribution in [0.5, 0.6) is 5.75 Å². The van der Waals surface area contributed by atoms with Crippen molar-refractivity contribution in [2.24, 2.45) is 0 Å². The van der Waals surface area contributed by atoms with Gasteiger partial charge in [0.05, 0.1) is 13.2 Å². The van der Waals surface area contributed by atoms with E-state index in [1.54, 1.807) is 7.11 Å². The molecule has 0 radical (unpaired) electrons. The Labute approximate surface area is 184 Å². The maximum atomic E-state index is 13.0. The molecule has 0 bridgehead atoms. The fraction of sp³-hybridized carbons (Fsp3) is 0.269. The van der Waals surface area contributed by atoms with Crippen LogP contribution in [0.2, 0.25) is 0 Å². The number of benzene rings is 3. The van der Waals surface area contributed by atoms with E-state index in [1.807, 2.05) is 61.5 Å². The molecule has 1 aliphatic rings. The van der Waals surface area contributed by atoms with Gasteiger partial charge in [-0.25, -0.2) is 0 Å². The summed E-state index contributed by atoms with van der Waals surface area (Å²) >= 11 is 0. The molecule has 0 spiro atoms. The number of rotatable bonds is 6. The maximum absolute atomic E-state index is 13.0. The van der Waals surface area contributed by atoms with Gasteiger partial charge < -0.3 is 15.0 Å². The standard InChI is InChI=1S/C26H29N3O2/c1-20(28-15-17-29(18-16-28)22-11-8-12-23(19-22)31-2)26(30)27-25-14-7-6-13-24(25)21-9-4-3-5-10-21/h3-14,19-20H,15-18H2,1-2H3,(H,27,30)/t20-/m1/s1. The Morgan fingerprint density at radius 1 is 0.903 bits per heavy atom. The van der Waals surface area contributed by atoms with Gasteiger partial charge in [0.2, 0.25) is 5.91 Å². The summed E-state index contributed by atoms with van der Waals surface area (Å²) in [6, 6.07) is 26.1. The highest BCUT2D eigenvalue weighted by atomic mass is 16.5. The summed E-state index contributed by atoms with van der Waals surface area (Å²) in [6.45, 7) is 5.43. The molecule has 3 aromatic carbocycles. The monoisotopic (exact) mass is 415 g/mol. The lowest BCUT2D eigenvalue weighted by Gasteiger charge is -2.38. The summed E-state index contributed by atoms with van der Waals surface area (Å²) in [5, 5.41) is 3.15. The van der Waals surface area contributed by atoms with E-state index in [-0.39, 0.29) is 11.9 Å². The molecule has 0 saturated carbocycles. The first-order valence-electron chi connectivity index (χ1n) is 10.7. The molecular weight excluding hydrogens is 386 g/mol. The molecule has 31 heavy (non-hydrogen) atoms. The van der Waals surface area contributed by atoms with E-state index in [9.17, 15) is 4.79 Å². The minimum Gasteiger partial charge on any atom is -0.497 e. The lowest BCUT2D eigenvalue weighted by atomic mass is 10.0. The molecule has 1 saturated heterocycles. The van der Waals surface area contributed by atoms with Gasteiger partial charge in [-0.2, -0.15) is 0 Å². The Morgan fingerprint density at radius 2 is 1.61 bits per heavy atom. The van der Waals surface area contributed by atoms with E-state index in [1.165, 1.54) is 0 Å². The van der Waals surface area contributed by atoms with Gasteiger partial charge in [-0.3, -0.25) is 9.69 Å². The molecule has 3 aromatic rings. The molecule has 0 unspecified atom stereocenters. The number of amides is 1. The summed E-state index contributed by atoms with van der Waals surface area (Å²) in [7, 11) is 1.69. The number of nitrogens with one attached hydrogen (secondary N) is 1. The van der Waals surface area contributed by atoms with E-state index in [0.717, 1.165) is 54.4 Å². The molecule has 1 aliphatic heterocycles. The number of ether oxygens (including phenoxy) is 1. The zero-order chi connectivity index (χ0) is 21.6. The fourth-order valence-corrected chi connectivity index (χ4v) is 4.04. The topological polar surface area (TPSA) is 44.8 Å². The Morgan fingerprint density at radius 3 is 2.35 bits per heavy atom. The fourth-order valence-electron chi connectivity index (χ4n) is 4.04. The van der Waals surface area contributed by atoms with Crippen molar-refractivity contribution < 1.29 is 9.53 Å². The predicted molar refractivity (Wildman–Crippen MR) is 127 cm³/mol. The number of para-hydroxylation sites is 1. The SMILES string of the molecule is COc1cccc(N2CCN([C@H](C)C(=O)Nc3ccccc3-c3ccccc3)CC2)c1. The first kappa shape index (κ1) is 20.9. The Hall–Kier alpha value is -3.31. The van der Waals surface area contributed by atoms with Crippen LogP contribution in [0.15, 0.2) is 78.9 Å². The number of hydrogen-bond acceptors (Lipinski definition) is 4. The third kappa shape index (κ3) is 4.89. The second-order valence-electron chi connectivity index (χ2n) is 7.80. The average Bonchev–Trinajstić information content (AvgIpc) is 2.84. The van der Waals surface area contributed by atoms with Gasteiger partial charge in [0, 0.05) is 49.2 Å². The first-order chi connectivity index (χ1) is 15.2. The lowest BCUT2D eigenvalue weighted by molar-refractivity contribution is -0.120. The third-order valence-electron chi connectivity index (χ3n) is 5.93. The zero-order valence-electron chi connectivity index (χ0n) is 18.1. The van der Waals surface area contributed by atoms with Gasteiger partial charge in [-0.1, -0.05) is 54.6 Å². The van der Waals surface area contributed by atoms with Crippen LogP contribution in [0.1, 0.15) is 6.92 Å². The molecule has 1 amide bonds. The summed E-state index contributed by atoms with van der Waals surface area (Å²) < 4.78 is 5.34. The molecule has 1 N–H and O–H groups in total. The molecule has 5 nitrogen and oxygen atoms in total. The van der Waals surface area contributed by atoms with E-state index in [2.05, 4.69) is 39.4 Å². The van der Waals surface area contributed by atoms with Gasteiger partial charge in [-0.05, 0) is 30.7 Å². The van der Waals surface area contributed by atoms with Crippen LogP contribution in [0.4, 0.5) is 11.4 Å². The molecule has 1 fully saturated rings. The summed E-state index contributed by atoms with van der Waals surface area (Å²) in [5.74, 6) is 0.892. The van der Waals surface area contributed by atoms with Crippen LogP contribution in [0, 0.1) is 0 Å². The van der Waals surface area contributed by atoms with E-state index in [4.69, 9.17) is 4.74 Å². The third-order valence-corrected chi connectivity index (χ3v) is 5.93. The summed E-state index contributed by atoms with van der Waals surface area (Å²) in [4.78, 5) is 17.6. The summed E-state index contributed by atoms with van der Waals surface area (Å²) in [5.41, 5.74) is 4.14. The van der Waals surface area contributed by atoms with Crippen molar-refractivity contribution in [2.75, 3.05) is 43.5 Å². The van der Waals surface area contributed by atoms with Crippen LogP contribution in [-0.4, -0.2) is 50.1 Å². The largest absolute Gasteiger partial charge is 0.497 e. The molecule has 0 aliphatic carbocycles. The van der Waals surface area contributed by atoms with E-state index >= 15 is 0 Å². The first-order valence-corrected chi connectivity index (χ1v) is 10.7. The molecule has 5 heteroatoms. The quantitative estimate of drug-likeness (QED) is 0.643. The van der Waals surface area contributed by atoms with Crippen molar-refractivity contribution in [1.82, 2.24) is 4.90 Å². The van der Waals surface area contributed by atoms with Crippen LogP contribution in [-0.2, 0) is 4.79 Å². The molecule has 1 heterocycles. The number of nitrogens with zero attached hydrogens (tertiary/aromatic N) is 2. The van der Waals surface area contributed by atoms with Crippen LogP contribution >= 0.6 is 0 Å². The van der Waals surface area contributed by atoms with Crippen LogP contribution in [0.25, 0.3) is 11.1 Å². The van der Waals surface area contributed by atoms with Crippen molar-refractivity contribution in [2.45, 2.75) is 13.0 Å². The number of methoxy groups -OCH3 is 1. The normalized spacial score (nSPS) is 15.4. The Balaban J connectivity index is 1.39. The van der Waals surface area contributed by atoms with E-state index in [0.29, 0.717) is 0 Å². The van der Waals surface area contributed by atoms with Crippen molar-refractivity contribution in [3.8, 4) is 16.9 Å². The van der Waals surface area contributed by atoms with Crippen molar-refractivity contribution in [3.05, 3.63) is 78.9 Å². The van der Waals surface area contributed by atoms with Crippen LogP contribution in [0.3, 0.4) is 0 Å². The molecular formula is C26H29N3O2. The molecule has 160 valence electrons. The smallest absolute Gasteiger partial charge is 0.241 e. The van der Waals surface area contributed by atoms with Crippen LogP contribution < -0.4 is 15.0 Å². The summed E-state index contributed by atoms with van der Waals surface area (Å²) in [6.07, 6.45) is 0. The number of carbonyl (C=O) groups excluding carboxylic acids is 1. The van der Waals surface area contributed by atoms with Gasteiger partial charge in [0.25, 0.3) is 0 Å². The zero-order valence-corrected chi connectivity index (χ0v) is 18.1. The van der Waals surface area contributed by atoms with Crippen molar-refractivity contribution in [3.63, 3.8) is 0 Å². The predicted octanol–water partition coefficient (Wildman–Crippen LogP) is 4.51. The van der Waals surface area contributed by atoms with E-state index < -0.39 is 0 Å². The van der Waals surface area contributed by atoms with Crippen molar-refractivity contribution in [1.29, 1.82) is 0 Å². The van der Waals surface area contributed by atoms with Gasteiger partial charge in [0.15, 0.2) is 0 Å². The maximum Gasteiger partial charge on any atom is 0.241 e. The minimum absolute atomic E-state index is 0.0261. The highest BCUT2D eigenvalue weighted by molar-refractivity contribution is 5.98. The van der Waals surface area contributed by atoms with Gasteiger partial charge in [0.1, 0.15) is 5.75 Å². The Kier molecular flexibility index (Phi) is 6.53. The lowest BCUT2D eigenvalue weighted by Crippen LogP contribution is -2.52.